The second-order valence-electron chi connectivity index (χ2n) is 6.90. The Morgan fingerprint density at radius 2 is 2.24 bits per heavy atom. The smallest absolute Gasteiger partial charge is 0.222 e. The van der Waals surface area contributed by atoms with Crippen LogP contribution in [-0.2, 0) is 18.4 Å². The van der Waals surface area contributed by atoms with Crippen molar-refractivity contribution in [3.05, 3.63) is 29.6 Å². The molecule has 1 saturated heterocycles. The van der Waals surface area contributed by atoms with Gasteiger partial charge in [0.15, 0.2) is 0 Å². The van der Waals surface area contributed by atoms with E-state index in [0.29, 0.717) is 13.0 Å². The minimum Gasteiger partial charge on any atom is -0.338 e. The normalized spacial score (nSPS) is 22.5. The van der Waals surface area contributed by atoms with Crippen molar-refractivity contribution >= 4 is 5.91 Å². The van der Waals surface area contributed by atoms with Crippen molar-refractivity contribution in [1.82, 2.24) is 14.7 Å². The van der Waals surface area contributed by atoms with E-state index in [9.17, 15) is 4.79 Å². The molecule has 0 spiro atoms. The van der Waals surface area contributed by atoms with Crippen molar-refractivity contribution in [1.29, 1.82) is 0 Å². The Bertz CT molecular complexity index is 528. The minimum absolute atomic E-state index is 0.238. The zero-order valence-electron chi connectivity index (χ0n) is 13.7. The molecular formula is C17H27N3O. The third-order valence-electron chi connectivity index (χ3n) is 4.30. The van der Waals surface area contributed by atoms with E-state index in [4.69, 9.17) is 0 Å². The quantitative estimate of drug-likeness (QED) is 0.780. The zero-order valence-corrected chi connectivity index (χ0v) is 13.7. The molecule has 1 aliphatic heterocycles. The zero-order chi connectivity index (χ0) is 15.5. The van der Waals surface area contributed by atoms with Crippen LogP contribution in [0.15, 0.2) is 24.0 Å². The maximum atomic E-state index is 12.2. The van der Waals surface area contributed by atoms with Gasteiger partial charge in [-0.2, -0.15) is 5.10 Å². The maximum Gasteiger partial charge on any atom is 0.222 e. The lowest BCUT2D eigenvalue weighted by molar-refractivity contribution is -0.138. The SMILES string of the molecule is CC(C)=CCC[C@]1(C)CCC(=O)N(Cc2cnn(C)c2)C1. The van der Waals surface area contributed by atoms with Gasteiger partial charge in [0, 0.05) is 38.3 Å². The first kappa shape index (κ1) is 15.8. The Kier molecular flexibility index (Phi) is 4.86. The first-order valence-corrected chi connectivity index (χ1v) is 7.77. The van der Waals surface area contributed by atoms with Gasteiger partial charge in [0.05, 0.1) is 6.20 Å². The summed E-state index contributed by atoms with van der Waals surface area (Å²) in [5.41, 5.74) is 2.72. The van der Waals surface area contributed by atoms with Gasteiger partial charge in [-0.3, -0.25) is 9.48 Å². The highest BCUT2D eigenvalue weighted by Crippen LogP contribution is 2.35. The van der Waals surface area contributed by atoms with E-state index >= 15 is 0 Å². The van der Waals surface area contributed by atoms with Crippen LogP contribution >= 0.6 is 0 Å². The van der Waals surface area contributed by atoms with Crippen molar-refractivity contribution < 1.29 is 4.79 Å². The molecule has 0 aromatic carbocycles. The second kappa shape index (κ2) is 6.46. The summed E-state index contributed by atoms with van der Waals surface area (Å²) in [5.74, 6) is 0.276. The first-order chi connectivity index (χ1) is 9.88. The van der Waals surface area contributed by atoms with Gasteiger partial charge in [-0.25, -0.2) is 0 Å². The molecule has 4 nitrogen and oxygen atoms in total. The van der Waals surface area contributed by atoms with Crippen LogP contribution in [0.3, 0.4) is 0 Å². The number of piperidine rings is 1. The molecule has 0 N–H and O–H groups in total. The summed E-state index contributed by atoms with van der Waals surface area (Å²) in [6.07, 6.45) is 10.1. The molecule has 116 valence electrons. The molecule has 21 heavy (non-hydrogen) atoms. The second-order valence-corrected chi connectivity index (χ2v) is 6.90. The standard InChI is InChI=1S/C17H27N3O/c1-14(2)6-5-8-17(3)9-7-16(21)20(13-17)12-15-10-18-19(4)11-15/h6,10-11H,5,7-9,12-13H2,1-4H3/t17-/m1/s1. The molecular weight excluding hydrogens is 262 g/mol. The fraction of sp³-hybridized carbons (Fsp3) is 0.647. The van der Waals surface area contributed by atoms with E-state index in [1.54, 1.807) is 4.68 Å². The average molecular weight is 289 g/mol. The molecule has 1 aliphatic rings. The van der Waals surface area contributed by atoms with E-state index in [0.717, 1.165) is 31.4 Å². The van der Waals surface area contributed by atoms with E-state index in [1.807, 2.05) is 24.3 Å². The van der Waals surface area contributed by atoms with Crippen LogP contribution in [0, 0.1) is 5.41 Å². The number of rotatable bonds is 5. The maximum absolute atomic E-state index is 12.2. The van der Waals surface area contributed by atoms with Gasteiger partial charge in [-0.15, -0.1) is 0 Å². The third-order valence-corrected chi connectivity index (χ3v) is 4.30. The van der Waals surface area contributed by atoms with E-state index in [-0.39, 0.29) is 11.3 Å². The monoisotopic (exact) mass is 289 g/mol. The Labute approximate surface area is 127 Å². The molecule has 2 rings (SSSR count). The number of allylic oxidation sites excluding steroid dienone is 2. The molecule has 0 radical (unpaired) electrons. The number of aryl methyl sites for hydroxylation is 1. The van der Waals surface area contributed by atoms with E-state index < -0.39 is 0 Å². The summed E-state index contributed by atoms with van der Waals surface area (Å²) >= 11 is 0. The average Bonchev–Trinajstić information content (AvgIpc) is 2.79. The van der Waals surface area contributed by atoms with Gasteiger partial charge in [-0.05, 0) is 38.5 Å². The number of carbonyl (C=O) groups is 1. The number of carbonyl (C=O) groups excluding carboxylic acids is 1. The largest absolute Gasteiger partial charge is 0.338 e. The topological polar surface area (TPSA) is 38.1 Å². The lowest BCUT2D eigenvalue weighted by Crippen LogP contribution is -2.44. The van der Waals surface area contributed by atoms with E-state index in [1.165, 1.54) is 5.57 Å². The fourth-order valence-electron chi connectivity index (χ4n) is 3.03. The highest BCUT2D eigenvalue weighted by Gasteiger charge is 2.34. The van der Waals surface area contributed by atoms with Crippen LogP contribution in [0.5, 0.6) is 0 Å². The number of nitrogens with zero attached hydrogens (tertiary/aromatic N) is 3. The van der Waals surface area contributed by atoms with Crippen LogP contribution < -0.4 is 0 Å². The summed E-state index contributed by atoms with van der Waals surface area (Å²) in [6, 6.07) is 0. The van der Waals surface area contributed by atoms with Crippen molar-refractivity contribution in [2.45, 2.75) is 53.0 Å². The molecule has 1 fully saturated rings. The Balaban J connectivity index is 1.97. The molecule has 2 heterocycles. The van der Waals surface area contributed by atoms with Gasteiger partial charge < -0.3 is 4.90 Å². The molecule has 1 aromatic rings. The minimum atomic E-state index is 0.238. The van der Waals surface area contributed by atoms with Crippen LogP contribution in [0.25, 0.3) is 0 Å². The predicted molar refractivity (Wildman–Crippen MR) is 84.6 cm³/mol. The fourth-order valence-corrected chi connectivity index (χ4v) is 3.03. The summed E-state index contributed by atoms with van der Waals surface area (Å²) in [4.78, 5) is 14.2. The van der Waals surface area contributed by atoms with Crippen molar-refractivity contribution in [3.8, 4) is 0 Å². The molecule has 0 unspecified atom stereocenters. The summed E-state index contributed by atoms with van der Waals surface area (Å²) in [7, 11) is 1.91. The Morgan fingerprint density at radius 3 is 2.86 bits per heavy atom. The number of likely N-dealkylation sites (tertiary alicyclic amines) is 1. The Hall–Kier alpha value is -1.58. The third kappa shape index (κ3) is 4.45. The van der Waals surface area contributed by atoms with Gasteiger partial charge in [-0.1, -0.05) is 18.6 Å². The molecule has 4 heteroatoms. The highest BCUT2D eigenvalue weighted by atomic mass is 16.2. The molecule has 1 atom stereocenters. The highest BCUT2D eigenvalue weighted by molar-refractivity contribution is 5.77. The molecule has 1 aromatic heterocycles. The number of amides is 1. The lowest BCUT2D eigenvalue weighted by atomic mass is 9.77. The van der Waals surface area contributed by atoms with Crippen LogP contribution in [0.1, 0.15) is 52.0 Å². The van der Waals surface area contributed by atoms with Crippen molar-refractivity contribution in [2.24, 2.45) is 12.5 Å². The number of hydrogen-bond acceptors (Lipinski definition) is 2. The summed E-state index contributed by atoms with van der Waals surface area (Å²) in [5, 5.41) is 4.18. The van der Waals surface area contributed by atoms with Crippen LogP contribution in [-0.4, -0.2) is 27.1 Å². The lowest BCUT2D eigenvalue weighted by Gasteiger charge is -2.40. The molecule has 0 bridgehead atoms. The molecule has 0 saturated carbocycles. The predicted octanol–water partition coefficient (Wildman–Crippen LogP) is 3.30. The summed E-state index contributed by atoms with van der Waals surface area (Å²) < 4.78 is 1.79. The van der Waals surface area contributed by atoms with Crippen LogP contribution in [0.2, 0.25) is 0 Å². The van der Waals surface area contributed by atoms with Gasteiger partial charge >= 0.3 is 0 Å². The number of aromatic nitrogens is 2. The van der Waals surface area contributed by atoms with Crippen LogP contribution in [0.4, 0.5) is 0 Å². The van der Waals surface area contributed by atoms with E-state index in [2.05, 4.69) is 31.9 Å². The van der Waals surface area contributed by atoms with Gasteiger partial charge in [0.25, 0.3) is 0 Å². The molecule has 1 amide bonds. The summed E-state index contributed by atoms with van der Waals surface area (Å²) in [6.45, 7) is 8.14. The number of hydrogen-bond donors (Lipinski definition) is 0. The van der Waals surface area contributed by atoms with Crippen molar-refractivity contribution in [3.63, 3.8) is 0 Å². The van der Waals surface area contributed by atoms with Crippen molar-refractivity contribution in [2.75, 3.05) is 6.54 Å². The van der Waals surface area contributed by atoms with Gasteiger partial charge in [0.2, 0.25) is 5.91 Å². The first-order valence-electron chi connectivity index (χ1n) is 7.77. The van der Waals surface area contributed by atoms with Gasteiger partial charge in [0.1, 0.15) is 0 Å². The molecule has 0 aliphatic carbocycles. The Morgan fingerprint density at radius 1 is 1.48 bits per heavy atom.